The van der Waals surface area contributed by atoms with Crippen molar-refractivity contribution in [2.45, 2.75) is 38.6 Å². The van der Waals surface area contributed by atoms with Crippen LogP contribution in [0.3, 0.4) is 0 Å². The lowest BCUT2D eigenvalue weighted by Crippen LogP contribution is -2.32. The maximum absolute atomic E-state index is 4.87. The molecule has 31 heavy (non-hydrogen) atoms. The number of rotatable bonds is 6. The van der Waals surface area contributed by atoms with E-state index in [0.29, 0.717) is 5.92 Å². The molecule has 1 aliphatic rings. The molecule has 0 amide bonds. The van der Waals surface area contributed by atoms with E-state index < -0.39 is 0 Å². The number of hydrogen-bond acceptors (Lipinski definition) is 7. The number of fused-ring (bicyclic) bond motifs is 1. The van der Waals surface area contributed by atoms with Crippen molar-refractivity contribution in [2.75, 3.05) is 18.4 Å². The lowest BCUT2D eigenvalue weighted by molar-refractivity contribution is 0.203. The molecule has 0 radical (unpaired) electrons. The van der Waals surface area contributed by atoms with Gasteiger partial charge in [0.25, 0.3) is 0 Å². The number of hydrogen-bond donors (Lipinski definition) is 1. The molecule has 0 atom stereocenters. The van der Waals surface area contributed by atoms with E-state index in [2.05, 4.69) is 68.7 Å². The highest BCUT2D eigenvalue weighted by Crippen LogP contribution is 2.29. The van der Waals surface area contributed by atoms with Crippen LogP contribution >= 0.6 is 11.3 Å². The zero-order chi connectivity index (χ0) is 21.0. The molecule has 6 nitrogen and oxygen atoms in total. The first-order valence-corrected chi connectivity index (χ1v) is 11.7. The van der Waals surface area contributed by atoms with E-state index >= 15 is 0 Å². The van der Waals surface area contributed by atoms with Gasteiger partial charge in [-0.15, -0.1) is 10.2 Å². The number of benzene rings is 1. The molecule has 0 unspecified atom stereocenters. The van der Waals surface area contributed by atoms with Gasteiger partial charge in [0.1, 0.15) is 10.8 Å². The van der Waals surface area contributed by atoms with Crippen molar-refractivity contribution in [2.24, 2.45) is 0 Å². The summed E-state index contributed by atoms with van der Waals surface area (Å²) in [5.41, 5.74) is 3.58. The molecule has 5 rings (SSSR count). The standard InChI is InChI=1S/C24H26N6S/c1-2-23-28-29-24(31-23)27-22-7-3-6-21(26-22)18-10-13-30(14-11-18)16-17-8-9-20-19(15-17)5-4-12-25-20/h3-9,12,15,18H,2,10-11,13-14,16H2,1H3,(H,26,27,29). The number of nitrogens with zero attached hydrogens (tertiary/aromatic N) is 5. The Morgan fingerprint density at radius 1 is 1.06 bits per heavy atom. The molecule has 1 fully saturated rings. The van der Waals surface area contributed by atoms with Crippen molar-refractivity contribution in [3.05, 3.63) is 71.0 Å². The van der Waals surface area contributed by atoms with Crippen molar-refractivity contribution >= 4 is 33.2 Å². The first kappa shape index (κ1) is 20.0. The summed E-state index contributed by atoms with van der Waals surface area (Å²) in [5.74, 6) is 1.35. The van der Waals surface area contributed by atoms with Gasteiger partial charge in [-0.05, 0) is 68.2 Å². The Kier molecular flexibility index (Phi) is 5.86. The number of aryl methyl sites for hydroxylation is 1. The van der Waals surface area contributed by atoms with Crippen molar-refractivity contribution in [3.63, 3.8) is 0 Å². The number of anilines is 2. The molecule has 158 valence electrons. The van der Waals surface area contributed by atoms with Gasteiger partial charge in [-0.2, -0.15) is 0 Å². The molecule has 3 aromatic heterocycles. The summed E-state index contributed by atoms with van der Waals surface area (Å²) >= 11 is 1.59. The lowest BCUT2D eigenvalue weighted by atomic mass is 9.92. The van der Waals surface area contributed by atoms with E-state index in [4.69, 9.17) is 4.98 Å². The number of likely N-dealkylation sites (tertiary alicyclic amines) is 1. The molecule has 0 saturated carbocycles. The van der Waals surface area contributed by atoms with Crippen LogP contribution in [0.1, 0.15) is 41.9 Å². The molecular weight excluding hydrogens is 404 g/mol. The number of piperidine rings is 1. The Morgan fingerprint density at radius 3 is 2.81 bits per heavy atom. The molecule has 1 aromatic carbocycles. The maximum Gasteiger partial charge on any atom is 0.211 e. The predicted octanol–water partition coefficient (Wildman–Crippen LogP) is 5.17. The first-order valence-electron chi connectivity index (χ1n) is 10.9. The van der Waals surface area contributed by atoms with E-state index in [1.807, 2.05) is 18.3 Å². The van der Waals surface area contributed by atoms with Gasteiger partial charge in [-0.1, -0.05) is 36.5 Å². The van der Waals surface area contributed by atoms with Crippen LogP contribution in [-0.2, 0) is 13.0 Å². The minimum absolute atomic E-state index is 0.499. The summed E-state index contributed by atoms with van der Waals surface area (Å²) in [5, 5.41) is 14.7. The van der Waals surface area contributed by atoms with Gasteiger partial charge < -0.3 is 5.32 Å². The van der Waals surface area contributed by atoms with Crippen molar-refractivity contribution < 1.29 is 0 Å². The fraction of sp³-hybridized carbons (Fsp3) is 0.333. The topological polar surface area (TPSA) is 66.8 Å². The third-order valence-electron chi connectivity index (χ3n) is 5.85. The van der Waals surface area contributed by atoms with Crippen LogP contribution in [0, 0.1) is 0 Å². The SMILES string of the molecule is CCc1nnc(Nc2cccc(C3CCN(Cc4ccc5ncccc5c4)CC3)n2)s1. The summed E-state index contributed by atoms with van der Waals surface area (Å²) in [6, 6.07) is 17.0. The van der Waals surface area contributed by atoms with Crippen LogP contribution in [-0.4, -0.2) is 38.2 Å². The lowest BCUT2D eigenvalue weighted by Gasteiger charge is -2.31. The molecule has 0 spiro atoms. The van der Waals surface area contributed by atoms with Gasteiger partial charge in [0.2, 0.25) is 5.13 Å². The zero-order valence-corrected chi connectivity index (χ0v) is 18.5. The largest absolute Gasteiger partial charge is 0.315 e. The molecule has 0 aliphatic carbocycles. The van der Waals surface area contributed by atoms with Crippen LogP contribution < -0.4 is 5.32 Å². The average molecular weight is 431 g/mol. The summed E-state index contributed by atoms with van der Waals surface area (Å²) in [7, 11) is 0. The highest BCUT2D eigenvalue weighted by Gasteiger charge is 2.22. The predicted molar refractivity (Wildman–Crippen MR) is 126 cm³/mol. The summed E-state index contributed by atoms with van der Waals surface area (Å²) in [6.45, 7) is 5.26. The number of aromatic nitrogens is 4. The minimum Gasteiger partial charge on any atom is -0.315 e. The second-order valence-electron chi connectivity index (χ2n) is 8.01. The number of pyridine rings is 2. The monoisotopic (exact) mass is 430 g/mol. The third kappa shape index (κ3) is 4.73. The fourth-order valence-electron chi connectivity index (χ4n) is 4.17. The van der Waals surface area contributed by atoms with Gasteiger partial charge in [-0.3, -0.25) is 9.88 Å². The molecule has 0 bridgehead atoms. The van der Waals surface area contributed by atoms with E-state index in [-0.39, 0.29) is 0 Å². The van der Waals surface area contributed by atoms with Crippen molar-refractivity contribution in [3.8, 4) is 0 Å². The zero-order valence-electron chi connectivity index (χ0n) is 17.7. The summed E-state index contributed by atoms with van der Waals surface area (Å²) < 4.78 is 0. The van der Waals surface area contributed by atoms with Gasteiger partial charge in [0.05, 0.1) is 5.52 Å². The fourth-order valence-corrected chi connectivity index (χ4v) is 4.86. The van der Waals surface area contributed by atoms with E-state index in [1.165, 1.54) is 16.6 Å². The van der Waals surface area contributed by atoms with E-state index in [1.54, 1.807) is 11.3 Å². The molecule has 1 aliphatic heterocycles. The Balaban J connectivity index is 1.20. The third-order valence-corrected chi connectivity index (χ3v) is 6.84. The first-order chi connectivity index (χ1) is 15.3. The Labute approximate surface area is 186 Å². The van der Waals surface area contributed by atoms with Gasteiger partial charge in [-0.25, -0.2) is 4.98 Å². The quantitative estimate of drug-likeness (QED) is 0.455. The number of nitrogens with one attached hydrogen (secondary N) is 1. The highest BCUT2D eigenvalue weighted by molar-refractivity contribution is 7.15. The maximum atomic E-state index is 4.87. The van der Waals surface area contributed by atoms with Crippen LogP contribution in [0.5, 0.6) is 0 Å². The molecule has 4 aromatic rings. The molecule has 1 saturated heterocycles. The second kappa shape index (κ2) is 9.08. The van der Waals surface area contributed by atoms with Gasteiger partial charge in [0.15, 0.2) is 0 Å². The average Bonchev–Trinajstić information content (AvgIpc) is 3.27. The summed E-state index contributed by atoms with van der Waals surface area (Å²) in [6.07, 6.45) is 5.01. The van der Waals surface area contributed by atoms with E-state index in [0.717, 1.165) is 60.4 Å². The minimum atomic E-state index is 0.499. The Hall–Kier alpha value is -2.90. The van der Waals surface area contributed by atoms with Crippen LogP contribution in [0.15, 0.2) is 54.7 Å². The van der Waals surface area contributed by atoms with Crippen LogP contribution in [0.4, 0.5) is 10.9 Å². The van der Waals surface area contributed by atoms with Crippen molar-refractivity contribution in [1.82, 2.24) is 25.1 Å². The smallest absolute Gasteiger partial charge is 0.211 e. The van der Waals surface area contributed by atoms with Crippen LogP contribution in [0.2, 0.25) is 0 Å². The second-order valence-corrected chi connectivity index (χ2v) is 9.07. The summed E-state index contributed by atoms with van der Waals surface area (Å²) in [4.78, 5) is 11.8. The Morgan fingerprint density at radius 2 is 1.97 bits per heavy atom. The molecular formula is C24H26N6S. The van der Waals surface area contributed by atoms with Gasteiger partial charge >= 0.3 is 0 Å². The van der Waals surface area contributed by atoms with E-state index in [9.17, 15) is 0 Å². The molecule has 4 heterocycles. The van der Waals surface area contributed by atoms with Crippen molar-refractivity contribution in [1.29, 1.82) is 0 Å². The normalized spacial score (nSPS) is 15.4. The highest BCUT2D eigenvalue weighted by atomic mass is 32.1. The Bertz CT molecular complexity index is 1170. The molecule has 7 heteroatoms. The molecule has 1 N–H and O–H groups in total. The van der Waals surface area contributed by atoms with Crippen LogP contribution in [0.25, 0.3) is 10.9 Å². The van der Waals surface area contributed by atoms with Gasteiger partial charge in [0, 0.05) is 29.7 Å².